The van der Waals surface area contributed by atoms with E-state index in [1.165, 1.54) is 0 Å². The smallest absolute Gasteiger partial charge is 0.250 e. The van der Waals surface area contributed by atoms with Crippen molar-refractivity contribution in [2.75, 3.05) is 0 Å². The highest BCUT2D eigenvalue weighted by Gasteiger charge is 2.23. The van der Waals surface area contributed by atoms with E-state index in [0.29, 0.717) is 22.4 Å². The Morgan fingerprint density at radius 3 is 2.79 bits per heavy atom. The van der Waals surface area contributed by atoms with Crippen molar-refractivity contribution in [2.45, 2.75) is 18.9 Å². The third kappa shape index (κ3) is 1.99. The molecule has 1 aromatic rings. The molecule has 0 aromatic heterocycles. The minimum Gasteiger partial charge on any atom is -0.490 e. The minimum absolute atomic E-state index is 0.303. The fraction of sp³-hybridized carbons (Fsp3) is 0.300. The lowest BCUT2D eigenvalue weighted by Gasteiger charge is -2.06. The van der Waals surface area contributed by atoms with Gasteiger partial charge in [-0.25, -0.2) is 0 Å². The van der Waals surface area contributed by atoms with E-state index in [-0.39, 0.29) is 0 Å². The van der Waals surface area contributed by atoms with Crippen molar-refractivity contribution in [3.63, 3.8) is 0 Å². The Labute approximate surface area is 86.8 Å². The van der Waals surface area contributed by atoms with Crippen LogP contribution in [0.15, 0.2) is 18.2 Å². The van der Waals surface area contributed by atoms with Crippen molar-refractivity contribution in [2.24, 2.45) is 5.73 Å². The van der Waals surface area contributed by atoms with E-state index in [2.05, 4.69) is 0 Å². The molecule has 1 aliphatic rings. The molecule has 1 saturated carbocycles. The number of amides is 1. The molecule has 0 bridgehead atoms. The molecule has 1 aromatic carbocycles. The molecule has 0 unspecified atom stereocenters. The first-order chi connectivity index (χ1) is 6.66. The van der Waals surface area contributed by atoms with Crippen molar-refractivity contribution in [3.05, 3.63) is 28.8 Å². The minimum atomic E-state index is -0.531. The number of primary amides is 1. The van der Waals surface area contributed by atoms with Gasteiger partial charge in [-0.05, 0) is 31.0 Å². The van der Waals surface area contributed by atoms with Crippen LogP contribution in [-0.4, -0.2) is 12.0 Å². The molecule has 74 valence electrons. The first-order valence-electron chi connectivity index (χ1n) is 4.43. The lowest BCUT2D eigenvalue weighted by Crippen LogP contribution is -2.11. The van der Waals surface area contributed by atoms with E-state index >= 15 is 0 Å². The number of benzene rings is 1. The van der Waals surface area contributed by atoms with Crippen LogP contribution >= 0.6 is 11.6 Å². The maximum absolute atomic E-state index is 11.0. The Hall–Kier alpha value is -1.22. The third-order valence-electron chi connectivity index (χ3n) is 2.03. The van der Waals surface area contributed by atoms with E-state index < -0.39 is 5.91 Å². The highest BCUT2D eigenvalue weighted by Crippen LogP contribution is 2.29. The second kappa shape index (κ2) is 3.50. The van der Waals surface area contributed by atoms with E-state index in [0.717, 1.165) is 12.8 Å². The van der Waals surface area contributed by atoms with Crippen LogP contribution in [0.1, 0.15) is 23.2 Å². The predicted molar refractivity (Wildman–Crippen MR) is 53.6 cm³/mol. The molecule has 1 fully saturated rings. The van der Waals surface area contributed by atoms with Crippen LogP contribution in [-0.2, 0) is 0 Å². The van der Waals surface area contributed by atoms with Crippen molar-refractivity contribution >= 4 is 17.5 Å². The van der Waals surface area contributed by atoms with Crippen LogP contribution < -0.4 is 10.5 Å². The van der Waals surface area contributed by atoms with Crippen molar-refractivity contribution in [1.82, 2.24) is 0 Å². The maximum atomic E-state index is 11.0. The predicted octanol–water partition coefficient (Wildman–Crippen LogP) is 1.98. The number of carbonyl (C=O) groups is 1. The standard InChI is InChI=1S/C10H10ClNO2/c11-9-4-3-7(14-6-1-2-6)5-8(9)10(12)13/h3-6H,1-2H2,(H2,12,13). The summed E-state index contributed by atoms with van der Waals surface area (Å²) in [6.07, 6.45) is 2.46. The van der Waals surface area contributed by atoms with Gasteiger partial charge in [-0.2, -0.15) is 0 Å². The molecule has 2 rings (SSSR count). The molecule has 0 radical (unpaired) electrons. The van der Waals surface area contributed by atoms with Gasteiger partial charge in [0.15, 0.2) is 0 Å². The lowest BCUT2D eigenvalue weighted by atomic mass is 10.2. The third-order valence-corrected chi connectivity index (χ3v) is 2.36. The second-order valence-corrected chi connectivity index (χ2v) is 3.73. The van der Waals surface area contributed by atoms with E-state index in [9.17, 15) is 4.79 Å². The molecular formula is C10H10ClNO2. The quantitative estimate of drug-likeness (QED) is 0.831. The van der Waals surface area contributed by atoms with E-state index in [1.807, 2.05) is 0 Å². The Kier molecular flexibility index (Phi) is 2.33. The fourth-order valence-electron chi connectivity index (χ4n) is 1.14. The summed E-state index contributed by atoms with van der Waals surface area (Å²) in [4.78, 5) is 11.0. The summed E-state index contributed by atoms with van der Waals surface area (Å²) < 4.78 is 5.50. The van der Waals surface area contributed by atoms with Crippen LogP contribution in [0.25, 0.3) is 0 Å². The molecule has 1 amide bonds. The van der Waals surface area contributed by atoms with E-state index in [4.69, 9.17) is 22.1 Å². The summed E-state index contributed by atoms with van der Waals surface area (Å²) >= 11 is 5.79. The molecule has 1 aliphatic carbocycles. The molecular weight excluding hydrogens is 202 g/mol. The van der Waals surface area contributed by atoms with E-state index in [1.54, 1.807) is 18.2 Å². The summed E-state index contributed by atoms with van der Waals surface area (Å²) in [6.45, 7) is 0. The van der Waals surface area contributed by atoms with Crippen LogP contribution in [0.3, 0.4) is 0 Å². The normalized spacial score (nSPS) is 15.2. The lowest BCUT2D eigenvalue weighted by molar-refractivity contribution is 0.1000. The van der Waals surface area contributed by atoms with Crippen molar-refractivity contribution in [3.8, 4) is 5.75 Å². The van der Waals surface area contributed by atoms with Crippen LogP contribution in [0.4, 0.5) is 0 Å². The summed E-state index contributed by atoms with van der Waals surface area (Å²) in [6, 6.07) is 4.95. The Bertz CT molecular complexity index is 374. The van der Waals surface area contributed by atoms with Gasteiger partial charge >= 0.3 is 0 Å². The summed E-state index contributed by atoms with van der Waals surface area (Å²) in [5.41, 5.74) is 5.46. The molecule has 4 heteroatoms. The van der Waals surface area contributed by atoms with Gasteiger partial charge in [-0.3, -0.25) is 4.79 Å². The number of nitrogens with two attached hydrogens (primary N) is 1. The average Bonchev–Trinajstić information content (AvgIpc) is 2.92. The van der Waals surface area contributed by atoms with Crippen LogP contribution in [0.2, 0.25) is 5.02 Å². The highest BCUT2D eigenvalue weighted by atomic mass is 35.5. The van der Waals surface area contributed by atoms with Gasteiger partial charge in [0.1, 0.15) is 5.75 Å². The molecule has 0 heterocycles. The summed E-state index contributed by atoms with van der Waals surface area (Å²) in [7, 11) is 0. The van der Waals surface area contributed by atoms with Crippen LogP contribution in [0.5, 0.6) is 5.75 Å². The zero-order chi connectivity index (χ0) is 10.1. The summed E-state index contributed by atoms with van der Waals surface area (Å²) in [5, 5.41) is 0.362. The second-order valence-electron chi connectivity index (χ2n) is 3.32. The van der Waals surface area contributed by atoms with Crippen molar-refractivity contribution < 1.29 is 9.53 Å². The number of ether oxygens (including phenoxy) is 1. The number of carbonyl (C=O) groups excluding carboxylic acids is 1. The van der Waals surface area contributed by atoms with Gasteiger partial charge in [-0.1, -0.05) is 11.6 Å². The van der Waals surface area contributed by atoms with Gasteiger partial charge in [0.2, 0.25) is 5.91 Å². The molecule has 14 heavy (non-hydrogen) atoms. The zero-order valence-electron chi connectivity index (χ0n) is 7.50. The Morgan fingerprint density at radius 2 is 2.21 bits per heavy atom. The maximum Gasteiger partial charge on any atom is 0.250 e. The zero-order valence-corrected chi connectivity index (χ0v) is 8.25. The molecule has 0 aliphatic heterocycles. The van der Waals surface area contributed by atoms with Gasteiger partial charge in [0.25, 0.3) is 0 Å². The Morgan fingerprint density at radius 1 is 1.50 bits per heavy atom. The van der Waals surface area contributed by atoms with Crippen LogP contribution in [0, 0.1) is 0 Å². The largest absolute Gasteiger partial charge is 0.490 e. The number of rotatable bonds is 3. The monoisotopic (exact) mass is 211 g/mol. The average molecular weight is 212 g/mol. The van der Waals surface area contributed by atoms with Gasteiger partial charge < -0.3 is 10.5 Å². The molecule has 2 N–H and O–H groups in total. The molecule has 0 saturated heterocycles. The molecule has 3 nitrogen and oxygen atoms in total. The highest BCUT2D eigenvalue weighted by molar-refractivity contribution is 6.33. The fourth-order valence-corrected chi connectivity index (χ4v) is 1.36. The first kappa shape index (κ1) is 9.34. The summed E-state index contributed by atoms with van der Waals surface area (Å²) in [5.74, 6) is 0.127. The van der Waals surface area contributed by atoms with Crippen molar-refractivity contribution in [1.29, 1.82) is 0 Å². The van der Waals surface area contributed by atoms with Gasteiger partial charge in [0.05, 0.1) is 16.7 Å². The SMILES string of the molecule is NC(=O)c1cc(OC2CC2)ccc1Cl. The number of halogens is 1. The first-order valence-corrected chi connectivity index (χ1v) is 4.80. The number of hydrogen-bond acceptors (Lipinski definition) is 2. The molecule has 0 atom stereocenters. The number of hydrogen-bond donors (Lipinski definition) is 1. The van der Waals surface area contributed by atoms with Gasteiger partial charge in [-0.15, -0.1) is 0 Å². The molecule has 0 spiro atoms. The Balaban J connectivity index is 2.24. The van der Waals surface area contributed by atoms with Gasteiger partial charge in [0, 0.05) is 0 Å². The topological polar surface area (TPSA) is 52.3 Å².